The Balaban J connectivity index is 2.42. The van der Waals surface area contributed by atoms with E-state index in [0.717, 1.165) is 17.0 Å². The van der Waals surface area contributed by atoms with Crippen LogP contribution in [0.3, 0.4) is 0 Å². The Morgan fingerprint density at radius 1 is 1.09 bits per heavy atom. The smallest absolute Gasteiger partial charge is 0.255 e. The van der Waals surface area contributed by atoms with E-state index in [9.17, 15) is 4.79 Å². The van der Waals surface area contributed by atoms with E-state index in [1.165, 1.54) is 0 Å². The second kappa shape index (κ2) is 5.97. The van der Waals surface area contributed by atoms with E-state index in [0.29, 0.717) is 5.56 Å². The first-order valence-electron chi connectivity index (χ1n) is 7.46. The predicted molar refractivity (Wildman–Crippen MR) is 90.1 cm³/mol. The van der Waals surface area contributed by atoms with Crippen LogP contribution in [-0.4, -0.2) is 10.7 Å². The third-order valence-corrected chi connectivity index (χ3v) is 3.52. The van der Waals surface area contributed by atoms with E-state index in [4.69, 9.17) is 10.5 Å². The van der Waals surface area contributed by atoms with Gasteiger partial charge in [-0.3, -0.25) is 4.79 Å². The fraction of sp³-hybridized carbons (Fsp3) is 0.389. The Labute approximate surface area is 131 Å². The zero-order valence-electron chi connectivity index (χ0n) is 13.9. The largest absolute Gasteiger partial charge is 0.491 e. The van der Waals surface area contributed by atoms with E-state index in [2.05, 4.69) is 0 Å². The first kappa shape index (κ1) is 16.3. The highest BCUT2D eigenvalue weighted by Crippen LogP contribution is 2.23. The maximum Gasteiger partial charge on any atom is 0.255 e. The Morgan fingerprint density at radius 3 is 2.18 bits per heavy atom. The number of hydrogen-bond acceptors (Lipinski definition) is 3. The van der Waals surface area contributed by atoms with Crippen molar-refractivity contribution in [2.24, 2.45) is 12.8 Å². The molecule has 2 aromatic rings. The summed E-state index contributed by atoms with van der Waals surface area (Å²) in [6, 6.07) is 11.5. The molecule has 4 nitrogen and oxygen atoms in total. The van der Waals surface area contributed by atoms with E-state index in [1.807, 2.05) is 64.1 Å². The minimum atomic E-state index is -0.650. The SMILES string of the molecule is CC(C)Oc1ccc(-c2ccc(C(C)(C)N)c(=O)n2C)cc1. The van der Waals surface area contributed by atoms with E-state index in [1.54, 1.807) is 11.6 Å². The lowest BCUT2D eigenvalue weighted by Gasteiger charge is -2.20. The molecular formula is C18H24N2O2. The highest BCUT2D eigenvalue weighted by atomic mass is 16.5. The van der Waals surface area contributed by atoms with Crippen molar-refractivity contribution in [3.63, 3.8) is 0 Å². The minimum Gasteiger partial charge on any atom is -0.491 e. The highest BCUT2D eigenvalue weighted by molar-refractivity contribution is 5.61. The van der Waals surface area contributed by atoms with Gasteiger partial charge in [0.15, 0.2) is 0 Å². The van der Waals surface area contributed by atoms with Crippen LogP contribution in [0.1, 0.15) is 33.3 Å². The first-order valence-corrected chi connectivity index (χ1v) is 7.46. The molecule has 0 amide bonds. The molecule has 118 valence electrons. The van der Waals surface area contributed by atoms with Gasteiger partial charge in [-0.15, -0.1) is 0 Å². The van der Waals surface area contributed by atoms with Crippen LogP contribution >= 0.6 is 0 Å². The van der Waals surface area contributed by atoms with Crippen molar-refractivity contribution in [1.29, 1.82) is 0 Å². The van der Waals surface area contributed by atoms with E-state index < -0.39 is 5.54 Å². The van der Waals surface area contributed by atoms with Crippen LogP contribution in [0.15, 0.2) is 41.2 Å². The summed E-state index contributed by atoms with van der Waals surface area (Å²) < 4.78 is 7.28. The molecule has 0 atom stereocenters. The molecule has 0 fully saturated rings. The van der Waals surface area contributed by atoms with Gasteiger partial charge in [-0.25, -0.2) is 0 Å². The summed E-state index contributed by atoms with van der Waals surface area (Å²) in [6.45, 7) is 7.65. The topological polar surface area (TPSA) is 57.2 Å². The maximum absolute atomic E-state index is 12.5. The molecule has 22 heavy (non-hydrogen) atoms. The minimum absolute atomic E-state index is 0.0625. The lowest BCUT2D eigenvalue weighted by molar-refractivity contribution is 0.242. The molecule has 0 saturated carbocycles. The number of ether oxygens (including phenoxy) is 1. The van der Waals surface area contributed by atoms with Gasteiger partial charge in [0.25, 0.3) is 5.56 Å². The summed E-state index contributed by atoms with van der Waals surface area (Å²) in [5.41, 5.74) is 7.77. The van der Waals surface area contributed by atoms with Gasteiger partial charge in [-0.1, -0.05) is 0 Å². The average molecular weight is 300 g/mol. The van der Waals surface area contributed by atoms with Gasteiger partial charge < -0.3 is 15.0 Å². The number of rotatable bonds is 4. The third kappa shape index (κ3) is 3.39. The molecule has 0 spiro atoms. The van der Waals surface area contributed by atoms with Gasteiger partial charge in [0.2, 0.25) is 0 Å². The standard InChI is InChI=1S/C18H24N2O2/c1-12(2)22-14-8-6-13(7-9-14)16-11-10-15(18(3,4)19)17(21)20(16)5/h6-12H,19H2,1-5H3. The maximum atomic E-state index is 12.5. The lowest BCUT2D eigenvalue weighted by atomic mass is 9.96. The average Bonchev–Trinajstić information content (AvgIpc) is 2.41. The van der Waals surface area contributed by atoms with Crippen molar-refractivity contribution in [3.8, 4) is 17.0 Å². The Morgan fingerprint density at radius 2 is 1.68 bits per heavy atom. The fourth-order valence-electron chi connectivity index (χ4n) is 2.39. The monoisotopic (exact) mass is 300 g/mol. The second-order valence-electron chi connectivity index (χ2n) is 6.41. The molecule has 0 bridgehead atoms. The Kier molecular flexibility index (Phi) is 4.42. The van der Waals surface area contributed by atoms with Crippen molar-refractivity contribution in [1.82, 2.24) is 4.57 Å². The number of pyridine rings is 1. The van der Waals surface area contributed by atoms with Crippen molar-refractivity contribution in [2.45, 2.75) is 39.3 Å². The molecule has 1 heterocycles. The summed E-state index contributed by atoms with van der Waals surface area (Å²) in [5.74, 6) is 0.823. The quantitative estimate of drug-likeness (QED) is 0.944. The summed E-state index contributed by atoms with van der Waals surface area (Å²) in [7, 11) is 1.77. The molecule has 0 unspecified atom stereocenters. The van der Waals surface area contributed by atoms with Crippen molar-refractivity contribution >= 4 is 0 Å². The van der Waals surface area contributed by atoms with Crippen LogP contribution < -0.4 is 16.0 Å². The molecule has 0 aliphatic carbocycles. The number of nitrogens with zero attached hydrogens (tertiary/aromatic N) is 1. The molecular weight excluding hydrogens is 276 g/mol. The van der Waals surface area contributed by atoms with E-state index in [-0.39, 0.29) is 11.7 Å². The molecule has 2 N–H and O–H groups in total. The van der Waals surface area contributed by atoms with Gasteiger partial charge in [0, 0.05) is 18.2 Å². The van der Waals surface area contributed by atoms with Gasteiger partial charge >= 0.3 is 0 Å². The van der Waals surface area contributed by atoms with Gasteiger partial charge in [-0.05, 0) is 69.7 Å². The third-order valence-electron chi connectivity index (χ3n) is 3.52. The van der Waals surface area contributed by atoms with Crippen molar-refractivity contribution in [2.75, 3.05) is 0 Å². The molecule has 0 radical (unpaired) electrons. The molecule has 1 aromatic heterocycles. The molecule has 2 rings (SSSR count). The van der Waals surface area contributed by atoms with Crippen LogP contribution in [-0.2, 0) is 12.6 Å². The first-order chi connectivity index (χ1) is 10.2. The number of nitrogens with two attached hydrogens (primary N) is 1. The van der Waals surface area contributed by atoms with Gasteiger partial charge in [-0.2, -0.15) is 0 Å². The van der Waals surface area contributed by atoms with Crippen LogP contribution in [0.2, 0.25) is 0 Å². The van der Waals surface area contributed by atoms with Crippen LogP contribution in [0.25, 0.3) is 11.3 Å². The fourth-order valence-corrected chi connectivity index (χ4v) is 2.39. The summed E-state index contributed by atoms with van der Waals surface area (Å²) in [6.07, 6.45) is 0.140. The van der Waals surface area contributed by atoms with Gasteiger partial charge in [0.1, 0.15) is 5.75 Å². The summed E-state index contributed by atoms with van der Waals surface area (Å²) in [4.78, 5) is 12.5. The van der Waals surface area contributed by atoms with Crippen LogP contribution in [0.4, 0.5) is 0 Å². The Hall–Kier alpha value is -2.07. The summed E-state index contributed by atoms with van der Waals surface area (Å²) >= 11 is 0. The van der Waals surface area contributed by atoms with E-state index >= 15 is 0 Å². The zero-order valence-corrected chi connectivity index (χ0v) is 13.9. The summed E-state index contributed by atoms with van der Waals surface area (Å²) in [5, 5.41) is 0. The van der Waals surface area contributed by atoms with Crippen molar-refractivity contribution < 1.29 is 4.74 Å². The van der Waals surface area contributed by atoms with Crippen molar-refractivity contribution in [3.05, 3.63) is 52.3 Å². The number of hydrogen-bond donors (Lipinski definition) is 1. The highest BCUT2D eigenvalue weighted by Gasteiger charge is 2.19. The lowest BCUT2D eigenvalue weighted by Crippen LogP contribution is -2.37. The predicted octanol–water partition coefficient (Wildman–Crippen LogP) is 3.03. The van der Waals surface area contributed by atoms with Gasteiger partial charge in [0.05, 0.1) is 11.8 Å². The van der Waals surface area contributed by atoms with Crippen LogP contribution in [0, 0.1) is 0 Å². The molecule has 1 aromatic carbocycles. The number of benzene rings is 1. The number of aromatic nitrogens is 1. The molecule has 4 heteroatoms. The normalized spacial score (nSPS) is 11.8. The molecule has 0 saturated heterocycles. The molecule has 0 aliphatic rings. The van der Waals surface area contributed by atoms with Crippen LogP contribution in [0.5, 0.6) is 5.75 Å². The zero-order chi connectivity index (χ0) is 16.5. The Bertz CT molecular complexity index is 707. The molecule has 0 aliphatic heterocycles. The second-order valence-corrected chi connectivity index (χ2v) is 6.41.